The number of halogens is 1. The van der Waals surface area contributed by atoms with Crippen LogP contribution in [0.1, 0.15) is 5.56 Å². The zero-order chi connectivity index (χ0) is 14.7. The van der Waals surface area contributed by atoms with E-state index in [2.05, 4.69) is 15.5 Å². The van der Waals surface area contributed by atoms with E-state index in [9.17, 15) is 4.39 Å². The average Bonchev–Trinajstić information content (AvgIpc) is 2.92. The Hall–Kier alpha value is -2.69. The first-order valence-corrected chi connectivity index (χ1v) is 6.65. The van der Waals surface area contributed by atoms with E-state index < -0.39 is 0 Å². The van der Waals surface area contributed by atoms with Gasteiger partial charge in [-0.05, 0) is 42.0 Å². The largest absolute Gasteiger partial charge is 0.381 e. The monoisotopic (exact) mass is 282 g/mol. The van der Waals surface area contributed by atoms with Crippen molar-refractivity contribution in [2.45, 2.75) is 6.54 Å². The van der Waals surface area contributed by atoms with Gasteiger partial charge in [-0.15, -0.1) is 10.2 Å². The van der Waals surface area contributed by atoms with Crippen LogP contribution in [0.2, 0.25) is 0 Å². The molecule has 0 amide bonds. The van der Waals surface area contributed by atoms with Crippen molar-refractivity contribution >= 4 is 5.69 Å². The van der Waals surface area contributed by atoms with Crippen molar-refractivity contribution in [2.24, 2.45) is 7.05 Å². The van der Waals surface area contributed by atoms with Crippen LogP contribution in [0.15, 0.2) is 54.9 Å². The van der Waals surface area contributed by atoms with E-state index in [1.807, 2.05) is 41.9 Å². The molecule has 0 bridgehead atoms. The van der Waals surface area contributed by atoms with Crippen molar-refractivity contribution in [3.63, 3.8) is 0 Å². The summed E-state index contributed by atoms with van der Waals surface area (Å²) in [5.74, 6) is 0.610. The molecular formula is C16H15FN4. The quantitative estimate of drug-likeness (QED) is 0.799. The van der Waals surface area contributed by atoms with Crippen molar-refractivity contribution < 1.29 is 4.39 Å². The highest BCUT2D eigenvalue weighted by molar-refractivity contribution is 5.59. The van der Waals surface area contributed by atoms with Gasteiger partial charge in [-0.2, -0.15) is 0 Å². The molecule has 5 heteroatoms. The van der Waals surface area contributed by atoms with Gasteiger partial charge in [0.1, 0.15) is 12.1 Å². The summed E-state index contributed by atoms with van der Waals surface area (Å²) in [6.45, 7) is 0.584. The second-order valence-electron chi connectivity index (χ2n) is 4.83. The van der Waals surface area contributed by atoms with Crippen molar-refractivity contribution in [2.75, 3.05) is 5.32 Å². The first-order chi connectivity index (χ1) is 10.2. The molecule has 106 valence electrons. The molecular weight excluding hydrogens is 267 g/mol. The van der Waals surface area contributed by atoms with Gasteiger partial charge < -0.3 is 9.88 Å². The van der Waals surface area contributed by atoms with Gasteiger partial charge in [0.25, 0.3) is 0 Å². The molecule has 0 unspecified atom stereocenters. The number of nitrogens with one attached hydrogen (secondary N) is 1. The molecule has 0 aliphatic rings. The summed E-state index contributed by atoms with van der Waals surface area (Å²) in [4.78, 5) is 0. The van der Waals surface area contributed by atoms with Crippen LogP contribution in [0.4, 0.5) is 10.1 Å². The van der Waals surface area contributed by atoms with Crippen molar-refractivity contribution in [1.29, 1.82) is 0 Å². The minimum Gasteiger partial charge on any atom is -0.381 e. The predicted molar refractivity (Wildman–Crippen MR) is 80.2 cm³/mol. The van der Waals surface area contributed by atoms with Gasteiger partial charge in [0.05, 0.1) is 0 Å². The van der Waals surface area contributed by atoms with Crippen molar-refractivity contribution in [3.05, 3.63) is 66.2 Å². The van der Waals surface area contributed by atoms with Gasteiger partial charge in [-0.3, -0.25) is 0 Å². The number of anilines is 1. The smallest absolute Gasteiger partial charge is 0.163 e. The maximum Gasteiger partial charge on any atom is 0.163 e. The Morgan fingerprint density at radius 1 is 1.14 bits per heavy atom. The molecule has 0 aliphatic heterocycles. The lowest BCUT2D eigenvalue weighted by atomic mass is 10.2. The van der Waals surface area contributed by atoms with Gasteiger partial charge in [-0.25, -0.2) is 4.39 Å². The van der Waals surface area contributed by atoms with Gasteiger partial charge in [0.2, 0.25) is 0 Å². The fourth-order valence-corrected chi connectivity index (χ4v) is 2.13. The summed E-state index contributed by atoms with van der Waals surface area (Å²) < 4.78 is 15.0. The van der Waals surface area contributed by atoms with Crippen LogP contribution in [0.5, 0.6) is 0 Å². The van der Waals surface area contributed by atoms with Crippen molar-refractivity contribution in [1.82, 2.24) is 14.8 Å². The molecule has 0 aliphatic carbocycles. The van der Waals surface area contributed by atoms with E-state index >= 15 is 0 Å². The number of benzene rings is 2. The molecule has 1 heterocycles. The van der Waals surface area contributed by atoms with Gasteiger partial charge in [0, 0.05) is 24.8 Å². The summed E-state index contributed by atoms with van der Waals surface area (Å²) in [5.41, 5.74) is 2.89. The van der Waals surface area contributed by atoms with E-state index in [-0.39, 0.29) is 5.82 Å². The number of hydrogen-bond donors (Lipinski definition) is 1. The van der Waals surface area contributed by atoms with Crippen molar-refractivity contribution in [3.8, 4) is 11.4 Å². The fraction of sp³-hybridized carbons (Fsp3) is 0.125. The van der Waals surface area contributed by atoms with E-state index in [4.69, 9.17) is 0 Å². The minimum atomic E-state index is -0.216. The van der Waals surface area contributed by atoms with Gasteiger partial charge in [0.15, 0.2) is 5.82 Å². The van der Waals surface area contributed by atoms with Gasteiger partial charge in [-0.1, -0.05) is 12.1 Å². The van der Waals surface area contributed by atoms with E-state index in [1.54, 1.807) is 12.4 Å². The molecule has 0 atom stereocenters. The molecule has 1 aromatic heterocycles. The average molecular weight is 282 g/mol. The molecule has 0 spiro atoms. The van der Waals surface area contributed by atoms with Crippen LogP contribution in [-0.2, 0) is 13.6 Å². The Kier molecular flexibility index (Phi) is 3.64. The molecule has 0 fully saturated rings. The third-order valence-corrected chi connectivity index (χ3v) is 3.24. The first-order valence-electron chi connectivity index (χ1n) is 6.65. The molecule has 3 aromatic rings. The summed E-state index contributed by atoms with van der Waals surface area (Å²) in [6.07, 6.45) is 1.67. The lowest BCUT2D eigenvalue weighted by Gasteiger charge is -2.07. The fourth-order valence-electron chi connectivity index (χ4n) is 2.13. The lowest BCUT2D eigenvalue weighted by Crippen LogP contribution is -1.99. The Morgan fingerprint density at radius 3 is 2.62 bits per heavy atom. The number of aromatic nitrogens is 3. The normalized spacial score (nSPS) is 10.6. The minimum absolute atomic E-state index is 0.216. The standard InChI is InChI=1S/C16H15FN4/c1-21-11-19-20-16(21)13-5-7-15(8-6-13)18-10-12-3-2-4-14(17)9-12/h2-9,11,18H,10H2,1H3. The SMILES string of the molecule is Cn1cnnc1-c1ccc(NCc2cccc(F)c2)cc1. The summed E-state index contributed by atoms with van der Waals surface area (Å²) in [5, 5.41) is 11.2. The second kappa shape index (κ2) is 5.75. The number of hydrogen-bond acceptors (Lipinski definition) is 3. The highest BCUT2D eigenvalue weighted by Crippen LogP contribution is 2.19. The molecule has 2 aromatic carbocycles. The lowest BCUT2D eigenvalue weighted by molar-refractivity contribution is 0.626. The van der Waals surface area contributed by atoms with E-state index in [0.29, 0.717) is 6.54 Å². The van der Waals surface area contributed by atoms with Gasteiger partial charge >= 0.3 is 0 Å². The maximum absolute atomic E-state index is 13.1. The number of aryl methyl sites for hydroxylation is 1. The van der Waals surface area contributed by atoms with E-state index in [1.165, 1.54) is 12.1 Å². The van der Waals surface area contributed by atoms with Crippen LogP contribution in [0.25, 0.3) is 11.4 Å². The third kappa shape index (κ3) is 3.08. The highest BCUT2D eigenvalue weighted by atomic mass is 19.1. The molecule has 3 rings (SSSR count). The Labute approximate surface area is 122 Å². The topological polar surface area (TPSA) is 42.7 Å². The maximum atomic E-state index is 13.1. The van der Waals surface area contributed by atoms with Crippen LogP contribution in [0, 0.1) is 5.82 Å². The number of rotatable bonds is 4. The second-order valence-corrected chi connectivity index (χ2v) is 4.83. The summed E-state index contributed by atoms with van der Waals surface area (Å²) in [7, 11) is 1.91. The highest BCUT2D eigenvalue weighted by Gasteiger charge is 2.04. The number of nitrogens with zero attached hydrogens (tertiary/aromatic N) is 3. The predicted octanol–water partition coefficient (Wildman–Crippen LogP) is 3.23. The van der Waals surface area contributed by atoms with E-state index in [0.717, 1.165) is 22.6 Å². The molecule has 0 radical (unpaired) electrons. The Balaban J connectivity index is 1.69. The Bertz CT molecular complexity index is 734. The van der Waals surface area contributed by atoms with Crippen LogP contribution >= 0.6 is 0 Å². The first kappa shape index (κ1) is 13.3. The Morgan fingerprint density at radius 2 is 1.95 bits per heavy atom. The van der Waals surface area contributed by atoms with Crippen LogP contribution in [-0.4, -0.2) is 14.8 Å². The molecule has 4 nitrogen and oxygen atoms in total. The zero-order valence-electron chi connectivity index (χ0n) is 11.6. The summed E-state index contributed by atoms with van der Waals surface area (Å²) >= 11 is 0. The molecule has 21 heavy (non-hydrogen) atoms. The molecule has 0 saturated heterocycles. The molecule has 1 N–H and O–H groups in total. The molecule has 0 saturated carbocycles. The van der Waals surface area contributed by atoms with Crippen LogP contribution in [0.3, 0.4) is 0 Å². The van der Waals surface area contributed by atoms with Crippen LogP contribution < -0.4 is 5.32 Å². The zero-order valence-corrected chi connectivity index (χ0v) is 11.6. The third-order valence-electron chi connectivity index (χ3n) is 3.24. The summed E-state index contributed by atoms with van der Waals surface area (Å²) in [6, 6.07) is 14.5.